The molecule has 0 unspecified atom stereocenters. The molecule has 0 heterocycles. The average Bonchev–Trinajstić information content (AvgIpc) is 2.25. The van der Waals surface area contributed by atoms with Crippen LogP contribution in [0.2, 0.25) is 5.02 Å². The first-order chi connectivity index (χ1) is 7.81. The Morgan fingerprint density at radius 1 is 1.53 bits per heavy atom. The minimum atomic E-state index is -0.813. The SMILES string of the molecule is CCNC(C)(C)C(=O)c1ccc(Br)c(Cl)c1F. The van der Waals surface area contributed by atoms with Crippen LogP contribution in [0.1, 0.15) is 31.1 Å². The molecule has 0 atom stereocenters. The summed E-state index contributed by atoms with van der Waals surface area (Å²) in [6.07, 6.45) is 0. The van der Waals surface area contributed by atoms with E-state index in [0.717, 1.165) is 0 Å². The van der Waals surface area contributed by atoms with Crippen molar-refractivity contribution in [3.63, 3.8) is 0 Å². The molecule has 0 aliphatic heterocycles. The van der Waals surface area contributed by atoms with E-state index in [1.54, 1.807) is 19.9 Å². The fourth-order valence-corrected chi connectivity index (χ4v) is 2.03. The molecule has 0 amide bonds. The van der Waals surface area contributed by atoms with Crippen molar-refractivity contribution in [1.82, 2.24) is 5.32 Å². The number of carbonyl (C=O) groups is 1. The lowest BCUT2D eigenvalue weighted by Crippen LogP contribution is -2.46. The largest absolute Gasteiger partial charge is 0.305 e. The Bertz CT molecular complexity index is 448. The van der Waals surface area contributed by atoms with Gasteiger partial charge in [0.2, 0.25) is 0 Å². The second kappa shape index (κ2) is 5.46. The number of carbonyl (C=O) groups excluding carboxylic acids is 1. The third-order valence-corrected chi connectivity index (χ3v) is 3.72. The van der Waals surface area contributed by atoms with Crippen molar-refractivity contribution >= 4 is 33.3 Å². The van der Waals surface area contributed by atoms with E-state index in [4.69, 9.17) is 11.6 Å². The second-order valence-electron chi connectivity index (χ2n) is 4.21. The molecule has 0 radical (unpaired) electrons. The van der Waals surface area contributed by atoms with E-state index in [1.807, 2.05) is 6.92 Å². The van der Waals surface area contributed by atoms with Gasteiger partial charge in [0, 0.05) is 4.47 Å². The summed E-state index contributed by atoms with van der Waals surface area (Å²) >= 11 is 8.87. The Balaban J connectivity index is 3.18. The fraction of sp³-hybridized carbons (Fsp3) is 0.417. The number of hydrogen-bond acceptors (Lipinski definition) is 2. The molecule has 0 saturated heterocycles. The predicted octanol–water partition coefficient (Wildman–Crippen LogP) is 3.81. The number of rotatable bonds is 4. The van der Waals surface area contributed by atoms with E-state index >= 15 is 0 Å². The highest BCUT2D eigenvalue weighted by molar-refractivity contribution is 9.10. The van der Waals surface area contributed by atoms with Gasteiger partial charge in [-0.2, -0.15) is 0 Å². The molecule has 5 heteroatoms. The normalized spacial score (nSPS) is 11.6. The first kappa shape index (κ1) is 14.6. The highest BCUT2D eigenvalue weighted by Crippen LogP contribution is 2.29. The molecule has 94 valence electrons. The molecule has 0 aromatic heterocycles. The first-order valence-electron chi connectivity index (χ1n) is 5.24. The second-order valence-corrected chi connectivity index (χ2v) is 5.44. The monoisotopic (exact) mass is 321 g/mol. The van der Waals surface area contributed by atoms with Crippen molar-refractivity contribution in [1.29, 1.82) is 0 Å². The molecule has 0 spiro atoms. The van der Waals surface area contributed by atoms with Gasteiger partial charge in [-0.25, -0.2) is 4.39 Å². The number of nitrogens with one attached hydrogen (secondary N) is 1. The van der Waals surface area contributed by atoms with Gasteiger partial charge in [-0.15, -0.1) is 0 Å². The number of hydrogen-bond donors (Lipinski definition) is 1. The minimum Gasteiger partial charge on any atom is -0.305 e. The van der Waals surface area contributed by atoms with Crippen molar-refractivity contribution in [2.75, 3.05) is 6.54 Å². The third-order valence-electron chi connectivity index (χ3n) is 2.47. The molecule has 0 saturated carbocycles. The minimum absolute atomic E-state index is 0.00384. The standard InChI is InChI=1S/C12H14BrClFNO/c1-4-16-12(2,3)11(17)7-5-6-8(13)9(14)10(7)15/h5-6,16H,4H2,1-3H3. The van der Waals surface area contributed by atoms with Gasteiger partial charge in [0.25, 0.3) is 0 Å². The highest BCUT2D eigenvalue weighted by Gasteiger charge is 2.30. The average molecular weight is 323 g/mol. The molecule has 17 heavy (non-hydrogen) atoms. The molecule has 0 aliphatic carbocycles. The van der Waals surface area contributed by atoms with Crippen LogP contribution >= 0.6 is 27.5 Å². The Morgan fingerprint density at radius 2 is 2.12 bits per heavy atom. The molecule has 0 aliphatic rings. The number of Topliss-reactive ketones (excluding diaryl/α,β-unsaturated/α-hetero) is 1. The Labute approximate surface area is 114 Å². The molecule has 1 aromatic carbocycles. The summed E-state index contributed by atoms with van der Waals surface area (Å²) in [5.74, 6) is -0.997. The maximum absolute atomic E-state index is 13.9. The quantitative estimate of drug-likeness (QED) is 0.674. The van der Waals surface area contributed by atoms with Gasteiger partial charge in [-0.1, -0.05) is 18.5 Å². The molecule has 1 aromatic rings. The molecule has 0 fully saturated rings. The van der Waals surface area contributed by atoms with Crippen LogP contribution in [-0.2, 0) is 0 Å². The smallest absolute Gasteiger partial charge is 0.185 e. The van der Waals surface area contributed by atoms with Gasteiger partial charge in [-0.05, 0) is 48.5 Å². The lowest BCUT2D eigenvalue weighted by Gasteiger charge is -2.24. The van der Waals surface area contributed by atoms with E-state index in [0.29, 0.717) is 11.0 Å². The highest BCUT2D eigenvalue weighted by atomic mass is 79.9. The van der Waals surface area contributed by atoms with Gasteiger partial charge >= 0.3 is 0 Å². The van der Waals surface area contributed by atoms with Crippen molar-refractivity contribution < 1.29 is 9.18 Å². The zero-order chi connectivity index (χ0) is 13.2. The number of likely N-dealkylation sites (N-methyl/N-ethyl adjacent to an activating group) is 1. The zero-order valence-electron chi connectivity index (χ0n) is 9.90. The van der Waals surface area contributed by atoms with Crippen LogP contribution < -0.4 is 5.32 Å². The molecular weight excluding hydrogens is 308 g/mol. The van der Waals surface area contributed by atoms with Gasteiger partial charge in [0.05, 0.1) is 16.1 Å². The number of halogens is 3. The van der Waals surface area contributed by atoms with E-state index < -0.39 is 11.4 Å². The Morgan fingerprint density at radius 3 is 2.65 bits per heavy atom. The van der Waals surface area contributed by atoms with Crippen LogP contribution in [0.3, 0.4) is 0 Å². The van der Waals surface area contributed by atoms with Crippen LogP contribution in [0.5, 0.6) is 0 Å². The maximum atomic E-state index is 13.9. The molecule has 1 rings (SSSR count). The number of benzene rings is 1. The van der Waals surface area contributed by atoms with Gasteiger partial charge in [0.15, 0.2) is 11.6 Å². The predicted molar refractivity (Wildman–Crippen MR) is 71.2 cm³/mol. The van der Waals surface area contributed by atoms with Crippen LogP contribution in [0.25, 0.3) is 0 Å². The van der Waals surface area contributed by atoms with Gasteiger partial charge in [-0.3, -0.25) is 4.79 Å². The van der Waals surface area contributed by atoms with Crippen LogP contribution in [-0.4, -0.2) is 17.9 Å². The van der Waals surface area contributed by atoms with Crippen molar-refractivity contribution in [2.45, 2.75) is 26.3 Å². The van der Waals surface area contributed by atoms with E-state index in [1.165, 1.54) is 6.07 Å². The summed E-state index contributed by atoms with van der Waals surface area (Å²) in [6.45, 7) is 5.95. The topological polar surface area (TPSA) is 29.1 Å². The summed E-state index contributed by atoms with van der Waals surface area (Å²) in [4.78, 5) is 12.2. The summed E-state index contributed by atoms with van der Waals surface area (Å²) in [7, 11) is 0. The Hall–Kier alpha value is -0.450. The Kier molecular flexibility index (Phi) is 4.69. The summed E-state index contributed by atoms with van der Waals surface area (Å²) in [5, 5.41) is 2.94. The molecular formula is C12H14BrClFNO. The van der Waals surface area contributed by atoms with Crippen molar-refractivity contribution in [2.24, 2.45) is 0 Å². The molecule has 1 N–H and O–H groups in total. The summed E-state index contributed by atoms with van der Waals surface area (Å²) in [6, 6.07) is 3.01. The fourth-order valence-electron chi connectivity index (χ4n) is 1.56. The van der Waals surface area contributed by atoms with Crippen molar-refractivity contribution in [3.8, 4) is 0 Å². The van der Waals surface area contributed by atoms with E-state index in [9.17, 15) is 9.18 Å². The summed E-state index contributed by atoms with van der Waals surface area (Å²) in [5.41, 5.74) is -0.809. The lowest BCUT2D eigenvalue weighted by molar-refractivity contribution is 0.0879. The zero-order valence-corrected chi connectivity index (χ0v) is 12.2. The van der Waals surface area contributed by atoms with Gasteiger partial charge < -0.3 is 5.32 Å². The van der Waals surface area contributed by atoms with Crippen LogP contribution in [0, 0.1) is 5.82 Å². The van der Waals surface area contributed by atoms with E-state index in [2.05, 4.69) is 21.2 Å². The summed E-state index contributed by atoms with van der Waals surface area (Å²) < 4.78 is 14.3. The lowest BCUT2D eigenvalue weighted by atomic mass is 9.93. The molecule has 2 nitrogen and oxygen atoms in total. The van der Waals surface area contributed by atoms with Crippen LogP contribution in [0.4, 0.5) is 4.39 Å². The van der Waals surface area contributed by atoms with Crippen molar-refractivity contribution in [3.05, 3.63) is 33.0 Å². The number of ketones is 1. The first-order valence-corrected chi connectivity index (χ1v) is 6.41. The van der Waals surface area contributed by atoms with E-state index in [-0.39, 0.29) is 16.4 Å². The molecule has 0 bridgehead atoms. The third kappa shape index (κ3) is 3.06. The van der Waals surface area contributed by atoms with Gasteiger partial charge in [0.1, 0.15) is 0 Å². The van der Waals surface area contributed by atoms with Crippen LogP contribution in [0.15, 0.2) is 16.6 Å². The maximum Gasteiger partial charge on any atom is 0.185 e.